The summed E-state index contributed by atoms with van der Waals surface area (Å²) in [6.07, 6.45) is 7.79. The summed E-state index contributed by atoms with van der Waals surface area (Å²) in [6.45, 7) is 4.51. The van der Waals surface area contributed by atoms with Gasteiger partial charge in [0.25, 0.3) is 0 Å². The zero-order valence-corrected chi connectivity index (χ0v) is 9.23. The lowest BCUT2D eigenvalue weighted by Gasteiger charge is -2.20. The first-order valence-electron chi connectivity index (χ1n) is 5.50. The van der Waals surface area contributed by atoms with E-state index in [1.807, 2.05) is 0 Å². The Hall–Kier alpha value is -0.460. The summed E-state index contributed by atoms with van der Waals surface area (Å²) in [7, 11) is 1.81. The zero-order chi connectivity index (χ0) is 9.68. The first-order chi connectivity index (χ1) is 6.27. The molecule has 0 saturated carbocycles. The average Bonchev–Trinajstić information content (AvgIpc) is 2.12. The van der Waals surface area contributed by atoms with Crippen LogP contribution in [0.25, 0.3) is 0 Å². The average molecular weight is 182 g/mol. The first-order valence-corrected chi connectivity index (χ1v) is 5.50. The second-order valence-electron chi connectivity index (χ2n) is 4.11. The lowest BCUT2D eigenvalue weighted by atomic mass is 9.89. The number of hydrogen-bond acceptors (Lipinski definition) is 1. The fraction of sp³-hybridized carbons (Fsp3) is 0.833. The van der Waals surface area contributed by atoms with Crippen molar-refractivity contribution < 1.29 is 4.74 Å². The van der Waals surface area contributed by atoms with Gasteiger partial charge in [0.1, 0.15) is 0 Å². The summed E-state index contributed by atoms with van der Waals surface area (Å²) in [4.78, 5) is 0. The highest BCUT2D eigenvalue weighted by Crippen LogP contribution is 2.28. The fourth-order valence-electron chi connectivity index (χ4n) is 2.17. The van der Waals surface area contributed by atoms with Gasteiger partial charge < -0.3 is 4.74 Å². The normalized spacial score (nSPS) is 30.8. The fourth-order valence-corrected chi connectivity index (χ4v) is 2.17. The number of methoxy groups -OCH3 is 1. The number of ether oxygens (including phenoxy) is 1. The number of rotatable bonds is 2. The molecular formula is C12H22O. The van der Waals surface area contributed by atoms with Gasteiger partial charge in [0.15, 0.2) is 0 Å². The van der Waals surface area contributed by atoms with E-state index in [0.29, 0.717) is 0 Å². The van der Waals surface area contributed by atoms with Crippen molar-refractivity contribution in [2.45, 2.75) is 52.4 Å². The molecular weight excluding hydrogens is 160 g/mol. The third-order valence-electron chi connectivity index (χ3n) is 3.24. The Balaban J connectivity index is 2.56. The maximum Gasteiger partial charge on any atom is 0.0944 e. The molecule has 0 bridgehead atoms. The van der Waals surface area contributed by atoms with Crippen LogP contribution in [-0.2, 0) is 4.74 Å². The smallest absolute Gasteiger partial charge is 0.0944 e. The summed E-state index contributed by atoms with van der Waals surface area (Å²) in [5.74, 6) is 2.18. The minimum atomic E-state index is 0.929. The molecule has 76 valence electrons. The van der Waals surface area contributed by atoms with Crippen molar-refractivity contribution in [1.29, 1.82) is 0 Å². The van der Waals surface area contributed by atoms with Gasteiger partial charge in [-0.05, 0) is 37.7 Å². The molecule has 0 amide bonds. The third kappa shape index (κ3) is 3.06. The molecule has 1 aliphatic carbocycles. The highest BCUT2D eigenvalue weighted by atomic mass is 16.5. The summed E-state index contributed by atoms with van der Waals surface area (Å²) in [5.41, 5.74) is 1.47. The van der Waals surface area contributed by atoms with Gasteiger partial charge in [0, 0.05) is 6.42 Å². The second-order valence-corrected chi connectivity index (χ2v) is 4.11. The molecule has 1 aliphatic rings. The lowest BCUT2D eigenvalue weighted by molar-refractivity contribution is 0.252. The van der Waals surface area contributed by atoms with Crippen LogP contribution in [0.15, 0.2) is 11.3 Å². The molecule has 1 nitrogen and oxygen atoms in total. The van der Waals surface area contributed by atoms with E-state index in [2.05, 4.69) is 13.8 Å². The molecule has 0 heterocycles. The lowest BCUT2D eigenvalue weighted by Crippen LogP contribution is -2.05. The first kappa shape index (κ1) is 10.6. The van der Waals surface area contributed by atoms with Gasteiger partial charge in [-0.2, -0.15) is 0 Å². The second kappa shape index (κ2) is 5.31. The van der Waals surface area contributed by atoms with Crippen molar-refractivity contribution in [3.8, 4) is 0 Å². The minimum Gasteiger partial charge on any atom is -0.501 e. The molecule has 0 aromatic heterocycles. The number of hydrogen-bond donors (Lipinski definition) is 0. The molecule has 1 atom stereocenters. The van der Waals surface area contributed by atoms with Crippen LogP contribution in [0.4, 0.5) is 0 Å². The van der Waals surface area contributed by atoms with Gasteiger partial charge >= 0.3 is 0 Å². The highest BCUT2D eigenvalue weighted by molar-refractivity contribution is 5.06. The van der Waals surface area contributed by atoms with Gasteiger partial charge in [-0.1, -0.05) is 19.8 Å². The summed E-state index contributed by atoms with van der Waals surface area (Å²) < 4.78 is 5.41. The van der Waals surface area contributed by atoms with Crippen LogP contribution in [-0.4, -0.2) is 7.11 Å². The van der Waals surface area contributed by atoms with Crippen LogP contribution < -0.4 is 0 Å². The molecule has 0 fully saturated rings. The van der Waals surface area contributed by atoms with Gasteiger partial charge in [0.05, 0.1) is 12.9 Å². The molecule has 0 aliphatic heterocycles. The molecule has 1 unspecified atom stereocenters. The monoisotopic (exact) mass is 182 g/mol. The zero-order valence-electron chi connectivity index (χ0n) is 9.23. The van der Waals surface area contributed by atoms with Crippen molar-refractivity contribution >= 4 is 0 Å². The van der Waals surface area contributed by atoms with Crippen molar-refractivity contribution in [3.63, 3.8) is 0 Å². The molecule has 1 rings (SSSR count). The quantitative estimate of drug-likeness (QED) is 0.629. The maximum atomic E-state index is 5.41. The van der Waals surface area contributed by atoms with E-state index >= 15 is 0 Å². The van der Waals surface area contributed by atoms with Gasteiger partial charge in [0.2, 0.25) is 0 Å². The molecule has 0 aromatic carbocycles. The van der Waals surface area contributed by atoms with Crippen LogP contribution in [0.2, 0.25) is 0 Å². The SMILES string of the molecule is CCC1CCC/C(C)=C(/OC)CC1. The predicted octanol–water partition coefficient (Wildman–Crippen LogP) is 3.90. The van der Waals surface area contributed by atoms with E-state index in [0.717, 1.165) is 12.3 Å². The van der Waals surface area contributed by atoms with E-state index in [4.69, 9.17) is 4.74 Å². The van der Waals surface area contributed by atoms with E-state index in [1.54, 1.807) is 7.11 Å². The summed E-state index contributed by atoms with van der Waals surface area (Å²) in [6, 6.07) is 0. The minimum absolute atomic E-state index is 0.929. The Labute approximate surface area is 82.2 Å². The van der Waals surface area contributed by atoms with Gasteiger partial charge in [-0.25, -0.2) is 0 Å². The van der Waals surface area contributed by atoms with Crippen molar-refractivity contribution in [2.24, 2.45) is 5.92 Å². The Kier molecular flexibility index (Phi) is 4.34. The van der Waals surface area contributed by atoms with Crippen molar-refractivity contribution in [3.05, 3.63) is 11.3 Å². The topological polar surface area (TPSA) is 9.23 Å². The standard InChI is InChI=1S/C12H22O/c1-4-11-7-5-6-10(2)12(13-3)9-8-11/h11H,4-9H2,1-3H3/b12-10+. The summed E-state index contributed by atoms with van der Waals surface area (Å²) >= 11 is 0. The molecule has 0 saturated heterocycles. The largest absolute Gasteiger partial charge is 0.501 e. The van der Waals surface area contributed by atoms with Gasteiger partial charge in [-0.15, -0.1) is 0 Å². The predicted molar refractivity (Wildman–Crippen MR) is 56.6 cm³/mol. The van der Waals surface area contributed by atoms with Crippen LogP contribution in [0, 0.1) is 5.92 Å². The van der Waals surface area contributed by atoms with Crippen LogP contribution in [0.5, 0.6) is 0 Å². The molecule has 0 radical (unpaired) electrons. The van der Waals surface area contributed by atoms with Gasteiger partial charge in [-0.3, -0.25) is 0 Å². The maximum absolute atomic E-state index is 5.41. The van der Waals surface area contributed by atoms with Crippen molar-refractivity contribution in [2.75, 3.05) is 7.11 Å². The van der Waals surface area contributed by atoms with E-state index < -0.39 is 0 Å². The van der Waals surface area contributed by atoms with Crippen LogP contribution >= 0.6 is 0 Å². The highest BCUT2D eigenvalue weighted by Gasteiger charge is 2.13. The number of allylic oxidation sites excluding steroid dienone is 2. The van der Waals surface area contributed by atoms with Crippen LogP contribution in [0.3, 0.4) is 0 Å². The Bertz CT molecular complexity index is 182. The Morgan fingerprint density at radius 1 is 1.31 bits per heavy atom. The third-order valence-corrected chi connectivity index (χ3v) is 3.24. The molecule has 13 heavy (non-hydrogen) atoms. The van der Waals surface area contributed by atoms with E-state index in [9.17, 15) is 0 Å². The van der Waals surface area contributed by atoms with Crippen LogP contribution in [0.1, 0.15) is 52.4 Å². The van der Waals surface area contributed by atoms with E-state index in [1.165, 1.54) is 43.4 Å². The Morgan fingerprint density at radius 2 is 2.08 bits per heavy atom. The molecule has 0 N–H and O–H groups in total. The molecule has 1 heteroatoms. The summed E-state index contributed by atoms with van der Waals surface area (Å²) in [5, 5.41) is 0. The molecule has 0 spiro atoms. The van der Waals surface area contributed by atoms with E-state index in [-0.39, 0.29) is 0 Å². The van der Waals surface area contributed by atoms with Crippen molar-refractivity contribution in [1.82, 2.24) is 0 Å². The molecule has 0 aromatic rings. The Morgan fingerprint density at radius 3 is 2.69 bits per heavy atom.